The van der Waals surface area contributed by atoms with E-state index in [0.29, 0.717) is 18.4 Å². The molecule has 0 amide bonds. The van der Waals surface area contributed by atoms with Gasteiger partial charge >= 0.3 is 0 Å². The molecule has 1 heterocycles. The highest BCUT2D eigenvalue weighted by Crippen LogP contribution is 2.21. The van der Waals surface area contributed by atoms with E-state index < -0.39 is 10.0 Å². The Kier molecular flexibility index (Phi) is 6.84. The van der Waals surface area contributed by atoms with Crippen LogP contribution in [0.1, 0.15) is 32.8 Å². The van der Waals surface area contributed by atoms with Crippen molar-refractivity contribution >= 4 is 16.0 Å². The smallest absolute Gasteiger partial charge is 0.240 e. The number of benzene rings is 1. The summed E-state index contributed by atoms with van der Waals surface area (Å²) in [4.78, 5) is 7.36. The maximum atomic E-state index is 11.8. The van der Waals surface area contributed by atoms with Crippen LogP contribution in [0.25, 0.3) is 0 Å². The predicted molar refractivity (Wildman–Crippen MR) is 102 cm³/mol. The second-order valence-corrected chi connectivity index (χ2v) is 8.76. The van der Waals surface area contributed by atoms with E-state index in [1.165, 1.54) is 13.5 Å². The van der Waals surface area contributed by atoms with E-state index in [-0.39, 0.29) is 4.90 Å². The first kappa shape index (κ1) is 19.7. The van der Waals surface area contributed by atoms with Gasteiger partial charge in [-0.2, -0.15) is 0 Å². The molecule has 2 atom stereocenters. The fourth-order valence-electron chi connectivity index (χ4n) is 3.32. The second kappa shape index (κ2) is 8.67. The standard InChI is InChI=1S/C18H30N4O2S/c1-5-20-18(22-12-14(2)10-15(3)13-22)21-11-16-6-8-17(9-7-16)25(23,24)19-4/h6-9,14-15,19H,5,10-13H2,1-4H3,(H,20,21). The number of aliphatic imine (C=N–C) groups is 1. The van der Waals surface area contributed by atoms with Crippen LogP contribution in [0.15, 0.2) is 34.2 Å². The minimum Gasteiger partial charge on any atom is -0.357 e. The van der Waals surface area contributed by atoms with Crippen molar-refractivity contribution in [3.05, 3.63) is 29.8 Å². The van der Waals surface area contributed by atoms with Crippen molar-refractivity contribution in [2.24, 2.45) is 16.8 Å². The summed E-state index contributed by atoms with van der Waals surface area (Å²) in [6.45, 7) is 10.0. The SMILES string of the molecule is CCNC(=NCc1ccc(S(=O)(=O)NC)cc1)N1CC(C)CC(C)C1. The van der Waals surface area contributed by atoms with Crippen LogP contribution >= 0.6 is 0 Å². The molecule has 7 heteroatoms. The van der Waals surface area contributed by atoms with Gasteiger partial charge in [0.2, 0.25) is 10.0 Å². The number of nitrogens with zero attached hydrogens (tertiary/aromatic N) is 2. The van der Waals surface area contributed by atoms with Crippen molar-refractivity contribution in [3.8, 4) is 0 Å². The molecule has 2 unspecified atom stereocenters. The van der Waals surface area contributed by atoms with Gasteiger partial charge in [0.15, 0.2) is 5.96 Å². The maximum absolute atomic E-state index is 11.8. The molecule has 1 aliphatic rings. The molecule has 0 bridgehead atoms. The molecule has 0 radical (unpaired) electrons. The molecule has 0 aliphatic carbocycles. The van der Waals surface area contributed by atoms with Gasteiger partial charge in [-0.15, -0.1) is 0 Å². The molecule has 0 saturated carbocycles. The van der Waals surface area contributed by atoms with Gasteiger partial charge in [0.25, 0.3) is 0 Å². The number of hydrogen-bond donors (Lipinski definition) is 2. The van der Waals surface area contributed by atoms with Gasteiger partial charge in [-0.25, -0.2) is 18.1 Å². The quantitative estimate of drug-likeness (QED) is 0.618. The Bertz CT molecular complexity index is 676. The number of sulfonamides is 1. The van der Waals surface area contributed by atoms with E-state index in [4.69, 9.17) is 4.99 Å². The summed E-state index contributed by atoms with van der Waals surface area (Å²) in [6, 6.07) is 6.88. The van der Waals surface area contributed by atoms with E-state index in [1.807, 2.05) is 12.1 Å². The van der Waals surface area contributed by atoms with E-state index in [9.17, 15) is 8.42 Å². The summed E-state index contributed by atoms with van der Waals surface area (Å²) in [6.07, 6.45) is 1.26. The van der Waals surface area contributed by atoms with Crippen LogP contribution in [-0.2, 0) is 16.6 Å². The van der Waals surface area contributed by atoms with Crippen LogP contribution in [0.3, 0.4) is 0 Å². The molecule has 1 fully saturated rings. The Morgan fingerprint density at radius 1 is 1.20 bits per heavy atom. The molecule has 1 aromatic rings. The normalized spacial score (nSPS) is 22.1. The average Bonchev–Trinajstić information content (AvgIpc) is 2.58. The molecule has 1 aliphatic heterocycles. The zero-order valence-corrected chi connectivity index (χ0v) is 16.4. The molecule has 1 aromatic carbocycles. The van der Waals surface area contributed by atoms with Gasteiger partial charge in [-0.1, -0.05) is 26.0 Å². The lowest BCUT2D eigenvalue weighted by molar-refractivity contribution is 0.208. The van der Waals surface area contributed by atoms with E-state index in [2.05, 4.69) is 35.7 Å². The highest BCUT2D eigenvalue weighted by atomic mass is 32.2. The Balaban J connectivity index is 2.10. The summed E-state index contributed by atoms with van der Waals surface area (Å²) in [7, 11) is -1.98. The van der Waals surface area contributed by atoms with Crippen molar-refractivity contribution in [2.75, 3.05) is 26.7 Å². The fraction of sp³-hybridized carbons (Fsp3) is 0.611. The Labute approximate surface area is 151 Å². The number of likely N-dealkylation sites (tertiary alicyclic amines) is 1. The number of nitrogens with one attached hydrogen (secondary N) is 2. The molecule has 0 aromatic heterocycles. The van der Waals surface area contributed by atoms with Crippen molar-refractivity contribution < 1.29 is 8.42 Å². The van der Waals surface area contributed by atoms with Gasteiger partial charge in [0.05, 0.1) is 11.4 Å². The number of piperidine rings is 1. The molecule has 2 rings (SSSR count). The van der Waals surface area contributed by atoms with Crippen LogP contribution in [0.5, 0.6) is 0 Å². The number of guanidine groups is 1. The van der Waals surface area contributed by atoms with E-state index >= 15 is 0 Å². The fourth-order valence-corrected chi connectivity index (χ4v) is 4.05. The van der Waals surface area contributed by atoms with Crippen molar-refractivity contribution in [1.82, 2.24) is 14.9 Å². The molecule has 25 heavy (non-hydrogen) atoms. The largest absolute Gasteiger partial charge is 0.357 e. The van der Waals surface area contributed by atoms with Crippen molar-refractivity contribution in [1.29, 1.82) is 0 Å². The maximum Gasteiger partial charge on any atom is 0.240 e. The number of rotatable bonds is 5. The van der Waals surface area contributed by atoms with Crippen LogP contribution in [0.2, 0.25) is 0 Å². The first-order chi connectivity index (χ1) is 11.9. The van der Waals surface area contributed by atoms with Crippen molar-refractivity contribution in [2.45, 2.75) is 38.6 Å². The Morgan fingerprint density at radius 3 is 2.32 bits per heavy atom. The van der Waals surface area contributed by atoms with E-state index in [0.717, 1.165) is 31.2 Å². The third kappa shape index (κ3) is 5.44. The summed E-state index contributed by atoms with van der Waals surface area (Å²) >= 11 is 0. The van der Waals surface area contributed by atoms with Crippen molar-refractivity contribution in [3.63, 3.8) is 0 Å². The molecule has 6 nitrogen and oxygen atoms in total. The Hall–Kier alpha value is -1.60. The minimum absolute atomic E-state index is 0.272. The molecular weight excluding hydrogens is 336 g/mol. The van der Waals surface area contributed by atoms with Crippen LogP contribution in [0.4, 0.5) is 0 Å². The topological polar surface area (TPSA) is 73.8 Å². The highest BCUT2D eigenvalue weighted by Gasteiger charge is 2.23. The van der Waals surface area contributed by atoms with Gasteiger partial charge in [-0.05, 0) is 49.9 Å². The first-order valence-electron chi connectivity index (χ1n) is 8.91. The lowest BCUT2D eigenvalue weighted by atomic mass is 9.92. The Morgan fingerprint density at radius 2 is 1.80 bits per heavy atom. The zero-order chi connectivity index (χ0) is 18.4. The van der Waals surface area contributed by atoms with Gasteiger partial charge in [0, 0.05) is 19.6 Å². The molecule has 1 saturated heterocycles. The van der Waals surface area contributed by atoms with Gasteiger partial charge in [-0.3, -0.25) is 0 Å². The van der Waals surface area contributed by atoms with E-state index in [1.54, 1.807) is 12.1 Å². The van der Waals surface area contributed by atoms with Gasteiger partial charge < -0.3 is 10.2 Å². The lowest BCUT2D eigenvalue weighted by Crippen LogP contribution is -2.48. The third-order valence-electron chi connectivity index (χ3n) is 4.42. The van der Waals surface area contributed by atoms with Crippen LogP contribution < -0.4 is 10.0 Å². The van der Waals surface area contributed by atoms with Crippen LogP contribution in [-0.4, -0.2) is 46.0 Å². The summed E-state index contributed by atoms with van der Waals surface area (Å²) in [5.74, 6) is 2.27. The van der Waals surface area contributed by atoms with Gasteiger partial charge in [0.1, 0.15) is 0 Å². The second-order valence-electron chi connectivity index (χ2n) is 6.87. The minimum atomic E-state index is -3.39. The highest BCUT2D eigenvalue weighted by molar-refractivity contribution is 7.89. The lowest BCUT2D eigenvalue weighted by Gasteiger charge is -2.37. The molecule has 2 N–H and O–H groups in total. The monoisotopic (exact) mass is 366 g/mol. The average molecular weight is 367 g/mol. The molecular formula is C18H30N4O2S. The summed E-state index contributed by atoms with van der Waals surface area (Å²) in [5.41, 5.74) is 0.989. The summed E-state index contributed by atoms with van der Waals surface area (Å²) < 4.78 is 25.9. The molecule has 0 spiro atoms. The summed E-state index contributed by atoms with van der Waals surface area (Å²) in [5, 5.41) is 3.38. The third-order valence-corrected chi connectivity index (χ3v) is 5.85. The predicted octanol–water partition coefficient (Wildman–Crippen LogP) is 2.04. The first-order valence-corrected chi connectivity index (χ1v) is 10.4. The van der Waals surface area contributed by atoms with Crippen LogP contribution in [0, 0.1) is 11.8 Å². The number of hydrogen-bond acceptors (Lipinski definition) is 3. The zero-order valence-electron chi connectivity index (χ0n) is 15.6. The molecule has 140 valence electrons.